The van der Waals surface area contributed by atoms with Crippen molar-refractivity contribution in [3.8, 4) is 5.75 Å². The SMILES string of the molecule is O=C(OCc1cc(=O)n2c(n1)sc1ccccc12)c1ccc(OCC2CCCO2)cc1. The smallest absolute Gasteiger partial charge is 0.338 e. The van der Waals surface area contributed by atoms with E-state index in [1.807, 2.05) is 24.3 Å². The highest BCUT2D eigenvalue weighted by Crippen LogP contribution is 2.23. The van der Waals surface area contributed by atoms with Crippen molar-refractivity contribution >= 4 is 32.5 Å². The molecule has 158 valence electrons. The molecule has 0 bridgehead atoms. The number of aromatic nitrogens is 2. The molecule has 4 aromatic rings. The van der Waals surface area contributed by atoms with Gasteiger partial charge in [-0.2, -0.15) is 0 Å². The highest BCUT2D eigenvalue weighted by Gasteiger charge is 2.16. The van der Waals surface area contributed by atoms with E-state index in [1.54, 1.807) is 28.7 Å². The number of nitrogens with zero attached hydrogens (tertiary/aromatic N) is 2. The molecule has 31 heavy (non-hydrogen) atoms. The fraction of sp³-hybridized carbons (Fsp3) is 0.261. The van der Waals surface area contributed by atoms with Gasteiger partial charge in [-0.1, -0.05) is 23.5 Å². The quantitative estimate of drug-likeness (QED) is 0.428. The van der Waals surface area contributed by atoms with E-state index in [0.29, 0.717) is 28.6 Å². The van der Waals surface area contributed by atoms with Crippen LogP contribution in [0.1, 0.15) is 28.9 Å². The van der Waals surface area contributed by atoms with Crippen LogP contribution in [-0.4, -0.2) is 34.7 Å². The Hall–Kier alpha value is -3.23. The lowest BCUT2D eigenvalue weighted by Gasteiger charge is -2.11. The number of thiazole rings is 1. The minimum Gasteiger partial charge on any atom is -0.491 e. The molecular weight excluding hydrogens is 416 g/mol. The van der Waals surface area contributed by atoms with Gasteiger partial charge in [0, 0.05) is 12.7 Å². The fourth-order valence-electron chi connectivity index (χ4n) is 3.57. The molecule has 0 aliphatic carbocycles. The molecule has 5 rings (SSSR count). The van der Waals surface area contributed by atoms with Gasteiger partial charge in [-0.3, -0.25) is 9.20 Å². The molecule has 2 aromatic heterocycles. The van der Waals surface area contributed by atoms with Gasteiger partial charge < -0.3 is 14.2 Å². The molecule has 3 heterocycles. The maximum atomic E-state index is 12.5. The van der Waals surface area contributed by atoms with Crippen molar-refractivity contribution in [3.63, 3.8) is 0 Å². The fourth-order valence-corrected chi connectivity index (χ4v) is 4.62. The molecular formula is C23H20N2O5S. The van der Waals surface area contributed by atoms with Crippen molar-refractivity contribution in [3.05, 3.63) is 76.2 Å². The first-order valence-electron chi connectivity index (χ1n) is 10.1. The summed E-state index contributed by atoms with van der Waals surface area (Å²) in [6.07, 6.45) is 2.21. The Labute approximate surface area is 181 Å². The molecule has 0 saturated carbocycles. The van der Waals surface area contributed by atoms with Crippen molar-refractivity contribution in [2.24, 2.45) is 0 Å². The zero-order valence-corrected chi connectivity index (χ0v) is 17.5. The Morgan fingerprint density at radius 1 is 1.19 bits per heavy atom. The second-order valence-electron chi connectivity index (χ2n) is 7.32. The van der Waals surface area contributed by atoms with Gasteiger partial charge in [-0.05, 0) is 49.2 Å². The van der Waals surface area contributed by atoms with E-state index in [1.165, 1.54) is 17.4 Å². The normalized spacial score (nSPS) is 16.1. The number of para-hydroxylation sites is 1. The molecule has 1 aliphatic heterocycles. The van der Waals surface area contributed by atoms with Gasteiger partial charge in [0.15, 0.2) is 4.96 Å². The number of hydrogen-bond donors (Lipinski definition) is 0. The maximum absolute atomic E-state index is 12.5. The van der Waals surface area contributed by atoms with Crippen LogP contribution in [-0.2, 0) is 16.1 Å². The van der Waals surface area contributed by atoms with Crippen LogP contribution in [0.2, 0.25) is 0 Å². The van der Waals surface area contributed by atoms with Crippen molar-refractivity contribution in [2.75, 3.05) is 13.2 Å². The maximum Gasteiger partial charge on any atom is 0.338 e. The Kier molecular flexibility index (Phi) is 5.40. The number of carbonyl (C=O) groups is 1. The molecule has 0 N–H and O–H groups in total. The predicted octanol–water partition coefficient (Wildman–Crippen LogP) is 3.82. The molecule has 7 nitrogen and oxygen atoms in total. The Morgan fingerprint density at radius 3 is 2.84 bits per heavy atom. The van der Waals surface area contributed by atoms with Crippen LogP contribution < -0.4 is 10.3 Å². The van der Waals surface area contributed by atoms with E-state index >= 15 is 0 Å². The zero-order valence-electron chi connectivity index (χ0n) is 16.7. The summed E-state index contributed by atoms with van der Waals surface area (Å²) in [7, 11) is 0. The molecule has 1 saturated heterocycles. The number of rotatable bonds is 6. The third-order valence-corrected chi connectivity index (χ3v) is 6.17. The lowest BCUT2D eigenvalue weighted by atomic mass is 10.2. The summed E-state index contributed by atoms with van der Waals surface area (Å²) >= 11 is 1.42. The lowest BCUT2D eigenvalue weighted by molar-refractivity contribution is 0.0467. The first kappa shape index (κ1) is 19.7. The van der Waals surface area contributed by atoms with Crippen LogP contribution in [0.5, 0.6) is 5.75 Å². The Morgan fingerprint density at radius 2 is 2.03 bits per heavy atom. The van der Waals surface area contributed by atoms with Gasteiger partial charge in [0.1, 0.15) is 19.0 Å². The number of fused-ring (bicyclic) bond motifs is 3. The first-order valence-corrected chi connectivity index (χ1v) is 10.9. The van der Waals surface area contributed by atoms with E-state index in [-0.39, 0.29) is 18.3 Å². The van der Waals surface area contributed by atoms with Gasteiger partial charge in [-0.25, -0.2) is 9.78 Å². The van der Waals surface area contributed by atoms with E-state index in [9.17, 15) is 9.59 Å². The second-order valence-corrected chi connectivity index (χ2v) is 8.33. The van der Waals surface area contributed by atoms with Crippen LogP contribution in [0.25, 0.3) is 15.2 Å². The summed E-state index contributed by atoms with van der Waals surface area (Å²) in [5.41, 5.74) is 1.46. The van der Waals surface area contributed by atoms with Crippen molar-refractivity contribution in [1.29, 1.82) is 0 Å². The van der Waals surface area contributed by atoms with Crippen LogP contribution in [0, 0.1) is 0 Å². The van der Waals surface area contributed by atoms with Gasteiger partial charge in [0.05, 0.1) is 27.6 Å². The van der Waals surface area contributed by atoms with Gasteiger partial charge >= 0.3 is 5.97 Å². The average Bonchev–Trinajstić information content (AvgIpc) is 3.44. The highest BCUT2D eigenvalue weighted by molar-refractivity contribution is 7.23. The van der Waals surface area contributed by atoms with Crippen LogP contribution >= 0.6 is 11.3 Å². The summed E-state index contributed by atoms with van der Waals surface area (Å²) < 4.78 is 19.2. The van der Waals surface area contributed by atoms with E-state index < -0.39 is 5.97 Å². The van der Waals surface area contributed by atoms with Crippen molar-refractivity contribution < 1.29 is 19.0 Å². The standard InChI is InChI=1S/C23H20N2O5S/c26-21-12-16(24-23-25(21)19-5-1-2-6-20(19)31-23)13-30-22(27)15-7-9-17(10-8-15)29-14-18-4-3-11-28-18/h1-2,5-10,12,18H,3-4,11,13-14H2. The predicted molar refractivity (Wildman–Crippen MR) is 117 cm³/mol. The molecule has 0 radical (unpaired) electrons. The first-order chi connectivity index (χ1) is 15.2. The Bertz CT molecular complexity index is 1290. The third kappa shape index (κ3) is 4.17. The highest BCUT2D eigenvalue weighted by atomic mass is 32.1. The Balaban J connectivity index is 1.24. The van der Waals surface area contributed by atoms with Gasteiger partial charge in [-0.15, -0.1) is 0 Å². The minimum atomic E-state index is -0.482. The van der Waals surface area contributed by atoms with E-state index in [0.717, 1.165) is 29.7 Å². The van der Waals surface area contributed by atoms with E-state index in [4.69, 9.17) is 14.2 Å². The van der Waals surface area contributed by atoms with Crippen molar-refractivity contribution in [1.82, 2.24) is 9.38 Å². The molecule has 1 aliphatic rings. The zero-order chi connectivity index (χ0) is 21.2. The molecule has 0 spiro atoms. The number of esters is 1. The lowest BCUT2D eigenvalue weighted by Crippen LogP contribution is -2.16. The van der Waals surface area contributed by atoms with Gasteiger partial charge in [0.2, 0.25) is 0 Å². The molecule has 8 heteroatoms. The van der Waals surface area contributed by atoms with Crippen molar-refractivity contribution in [2.45, 2.75) is 25.6 Å². The number of ether oxygens (including phenoxy) is 3. The minimum absolute atomic E-state index is 0.0733. The number of benzene rings is 2. The molecule has 1 unspecified atom stereocenters. The average molecular weight is 436 g/mol. The monoisotopic (exact) mass is 436 g/mol. The summed E-state index contributed by atoms with van der Waals surface area (Å²) in [6, 6.07) is 15.8. The molecule has 1 fully saturated rings. The molecule has 0 amide bonds. The van der Waals surface area contributed by atoms with Gasteiger partial charge in [0.25, 0.3) is 5.56 Å². The second kappa shape index (κ2) is 8.49. The topological polar surface area (TPSA) is 79.1 Å². The van der Waals surface area contributed by atoms with E-state index in [2.05, 4.69) is 4.98 Å². The summed E-state index contributed by atoms with van der Waals surface area (Å²) in [6.45, 7) is 1.22. The van der Waals surface area contributed by atoms with Crippen LogP contribution in [0.4, 0.5) is 0 Å². The molecule has 1 atom stereocenters. The number of carbonyl (C=O) groups excluding carboxylic acids is 1. The number of hydrogen-bond acceptors (Lipinski definition) is 7. The largest absolute Gasteiger partial charge is 0.491 e. The third-order valence-electron chi connectivity index (χ3n) is 5.15. The van der Waals surface area contributed by atoms with Crippen LogP contribution in [0.15, 0.2) is 59.4 Å². The summed E-state index contributed by atoms with van der Waals surface area (Å²) in [5.74, 6) is 0.195. The molecule has 2 aromatic carbocycles. The summed E-state index contributed by atoms with van der Waals surface area (Å²) in [5, 5.41) is 0. The van der Waals surface area contributed by atoms with Crippen LogP contribution in [0.3, 0.4) is 0 Å². The summed E-state index contributed by atoms with van der Waals surface area (Å²) in [4.78, 5) is 30.0.